The molecule has 1 fully saturated rings. The first-order valence-electron chi connectivity index (χ1n) is 7.64. The molecule has 0 aliphatic carbocycles. The number of quaternary nitrogens is 1. The molecule has 1 aromatic rings. The fraction of sp³-hybridized carbons (Fsp3) is 0.500. The minimum atomic E-state index is -0.133. The van der Waals surface area contributed by atoms with Gasteiger partial charge in [0.25, 0.3) is 5.91 Å². The molecule has 2 rings (SSSR count). The number of rotatable bonds is 5. The highest BCUT2D eigenvalue weighted by atomic mass is 79.9. The monoisotopic (exact) mass is 369 g/mol. The number of nitrogens with one attached hydrogen (secondary N) is 2. The van der Waals surface area contributed by atoms with E-state index in [1.807, 2.05) is 31.2 Å². The van der Waals surface area contributed by atoms with E-state index in [9.17, 15) is 9.59 Å². The molecule has 1 heterocycles. The normalized spacial score (nSPS) is 21.2. The molecule has 0 bridgehead atoms. The van der Waals surface area contributed by atoms with E-state index in [1.54, 1.807) is 0 Å². The van der Waals surface area contributed by atoms with Gasteiger partial charge in [-0.05, 0) is 47.8 Å². The average Bonchev–Trinajstić information content (AvgIpc) is 2.50. The number of carbonyl (C=O) groups is 2. The molecule has 1 amide bonds. The molecule has 1 aliphatic rings. The first-order valence-corrected chi connectivity index (χ1v) is 8.44. The van der Waals surface area contributed by atoms with E-state index in [-0.39, 0.29) is 17.8 Å². The molecule has 120 valence electrons. The summed E-state index contributed by atoms with van der Waals surface area (Å²) in [6.07, 6.45) is 1.80. The zero-order chi connectivity index (χ0) is 15.9. The highest BCUT2D eigenvalue weighted by molar-refractivity contribution is 9.10. The van der Waals surface area contributed by atoms with Crippen LogP contribution in [0, 0.1) is 5.92 Å². The standard InChI is InChI=1S/C16H21BrN2O3/c1-2-22-16(21)12-6-5-9-19(10-12)11-15(20)18-14-8-4-3-7-13(14)17/h3-4,7-8,12H,2,5-6,9-11H2,1H3,(H,18,20)/p+1/t12-/m1/s1. The average molecular weight is 370 g/mol. The number of amides is 1. The molecule has 1 aliphatic heterocycles. The summed E-state index contributed by atoms with van der Waals surface area (Å²) >= 11 is 3.41. The zero-order valence-corrected chi connectivity index (χ0v) is 14.3. The number of likely N-dealkylation sites (tertiary alicyclic amines) is 1. The third kappa shape index (κ3) is 4.81. The van der Waals surface area contributed by atoms with Crippen molar-refractivity contribution in [1.82, 2.24) is 0 Å². The van der Waals surface area contributed by atoms with E-state index in [0.717, 1.165) is 34.4 Å². The second kappa shape index (κ2) is 8.29. The van der Waals surface area contributed by atoms with E-state index < -0.39 is 0 Å². The Labute approximate surface area is 139 Å². The van der Waals surface area contributed by atoms with Gasteiger partial charge in [-0.25, -0.2) is 0 Å². The van der Waals surface area contributed by atoms with Crippen LogP contribution in [0.5, 0.6) is 0 Å². The summed E-state index contributed by atoms with van der Waals surface area (Å²) in [5, 5.41) is 2.90. The van der Waals surface area contributed by atoms with Crippen LogP contribution in [0.3, 0.4) is 0 Å². The highest BCUT2D eigenvalue weighted by Gasteiger charge is 2.30. The summed E-state index contributed by atoms with van der Waals surface area (Å²) in [4.78, 5) is 25.1. The number of halogens is 1. The van der Waals surface area contributed by atoms with Crippen LogP contribution in [-0.4, -0.2) is 38.1 Å². The van der Waals surface area contributed by atoms with Gasteiger partial charge in [0.05, 0.1) is 25.4 Å². The SMILES string of the molecule is CCOC(=O)[C@@H]1CCC[NH+](CC(=O)Nc2ccccc2Br)C1. The summed E-state index contributed by atoms with van der Waals surface area (Å²) in [5.41, 5.74) is 0.769. The van der Waals surface area contributed by atoms with Crippen molar-refractivity contribution in [2.45, 2.75) is 19.8 Å². The van der Waals surface area contributed by atoms with Crippen molar-refractivity contribution in [3.63, 3.8) is 0 Å². The number of ether oxygens (including phenoxy) is 1. The Balaban J connectivity index is 1.86. The van der Waals surface area contributed by atoms with E-state index in [4.69, 9.17) is 4.74 Å². The Bertz CT molecular complexity index is 536. The van der Waals surface area contributed by atoms with Crippen molar-refractivity contribution in [3.05, 3.63) is 28.7 Å². The maximum Gasteiger partial charge on any atom is 0.314 e. The second-order valence-corrected chi connectivity index (χ2v) is 6.35. The minimum absolute atomic E-state index is 0.0357. The quantitative estimate of drug-likeness (QED) is 0.767. The van der Waals surface area contributed by atoms with Crippen molar-refractivity contribution in [2.24, 2.45) is 5.92 Å². The highest BCUT2D eigenvalue weighted by Crippen LogP contribution is 2.20. The molecule has 0 aromatic heterocycles. The maximum atomic E-state index is 12.2. The second-order valence-electron chi connectivity index (χ2n) is 5.50. The number of para-hydroxylation sites is 1. The number of esters is 1. The first kappa shape index (κ1) is 17.0. The van der Waals surface area contributed by atoms with Crippen LogP contribution in [0.25, 0.3) is 0 Å². The topological polar surface area (TPSA) is 59.8 Å². The zero-order valence-electron chi connectivity index (χ0n) is 12.7. The van der Waals surface area contributed by atoms with E-state index >= 15 is 0 Å². The molecule has 22 heavy (non-hydrogen) atoms. The third-order valence-corrected chi connectivity index (χ3v) is 4.49. The van der Waals surface area contributed by atoms with Crippen molar-refractivity contribution in [2.75, 3.05) is 31.6 Å². The fourth-order valence-electron chi connectivity index (χ4n) is 2.76. The number of piperidine rings is 1. The lowest BCUT2D eigenvalue weighted by atomic mass is 9.98. The largest absolute Gasteiger partial charge is 0.466 e. The molecule has 0 spiro atoms. The molecule has 6 heteroatoms. The number of carbonyl (C=O) groups excluding carboxylic acids is 2. The van der Waals surface area contributed by atoms with Crippen molar-refractivity contribution >= 4 is 33.5 Å². The van der Waals surface area contributed by atoms with Crippen molar-refractivity contribution < 1.29 is 19.2 Å². The predicted octanol–water partition coefficient (Wildman–Crippen LogP) is 1.25. The van der Waals surface area contributed by atoms with Gasteiger partial charge in [-0.15, -0.1) is 0 Å². The lowest BCUT2D eigenvalue weighted by molar-refractivity contribution is -0.899. The number of benzene rings is 1. The molecule has 1 aromatic carbocycles. The Kier molecular flexibility index (Phi) is 6.39. The molecule has 2 N–H and O–H groups in total. The molecule has 1 saturated heterocycles. The van der Waals surface area contributed by atoms with Crippen molar-refractivity contribution in [1.29, 1.82) is 0 Å². The molecule has 0 radical (unpaired) electrons. The Morgan fingerprint density at radius 3 is 2.91 bits per heavy atom. The minimum Gasteiger partial charge on any atom is -0.466 e. The predicted molar refractivity (Wildman–Crippen MR) is 87.7 cm³/mol. The summed E-state index contributed by atoms with van der Waals surface area (Å²) < 4.78 is 5.95. The van der Waals surface area contributed by atoms with Gasteiger partial charge in [-0.2, -0.15) is 0 Å². The molecular formula is C16H22BrN2O3+. The van der Waals surface area contributed by atoms with Crippen LogP contribution >= 0.6 is 15.9 Å². The van der Waals surface area contributed by atoms with Gasteiger partial charge in [0.1, 0.15) is 5.92 Å². The van der Waals surface area contributed by atoms with E-state index in [2.05, 4.69) is 21.2 Å². The van der Waals surface area contributed by atoms with Crippen LogP contribution in [0.2, 0.25) is 0 Å². The molecule has 0 saturated carbocycles. The van der Waals surface area contributed by atoms with E-state index in [0.29, 0.717) is 19.7 Å². The van der Waals surface area contributed by atoms with Crippen LogP contribution in [0.4, 0.5) is 5.69 Å². The third-order valence-electron chi connectivity index (χ3n) is 3.80. The maximum absolute atomic E-state index is 12.2. The summed E-state index contributed by atoms with van der Waals surface area (Å²) in [6, 6.07) is 7.53. The van der Waals surface area contributed by atoms with Gasteiger partial charge >= 0.3 is 5.97 Å². The fourth-order valence-corrected chi connectivity index (χ4v) is 3.14. The van der Waals surface area contributed by atoms with Gasteiger partial charge in [0.2, 0.25) is 0 Å². The van der Waals surface area contributed by atoms with Gasteiger partial charge in [0.15, 0.2) is 6.54 Å². The Morgan fingerprint density at radius 2 is 2.18 bits per heavy atom. The number of hydrogen-bond donors (Lipinski definition) is 2. The Morgan fingerprint density at radius 1 is 1.41 bits per heavy atom. The smallest absolute Gasteiger partial charge is 0.314 e. The van der Waals surface area contributed by atoms with Gasteiger partial charge in [0, 0.05) is 4.47 Å². The molecular weight excluding hydrogens is 348 g/mol. The lowest BCUT2D eigenvalue weighted by Crippen LogP contribution is -3.14. The van der Waals surface area contributed by atoms with Crippen LogP contribution in [0.1, 0.15) is 19.8 Å². The first-order chi connectivity index (χ1) is 10.6. The molecule has 1 unspecified atom stereocenters. The number of anilines is 1. The lowest BCUT2D eigenvalue weighted by Gasteiger charge is -2.28. The van der Waals surface area contributed by atoms with Gasteiger partial charge < -0.3 is 15.0 Å². The summed E-state index contributed by atoms with van der Waals surface area (Å²) in [7, 11) is 0. The van der Waals surface area contributed by atoms with E-state index in [1.165, 1.54) is 0 Å². The van der Waals surface area contributed by atoms with Crippen LogP contribution < -0.4 is 10.2 Å². The van der Waals surface area contributed by atoms with Crippen LogP contribution in [-0.2, 0) is 14.3 Å². The Hall–Kier alpha value is -1.40. The van der Waals surface area contributed by atoms with Crippen molar-refractivity contribution in [3.8, 4) is 0 Å². The van der Waals surface area contributed by atoms with Crippen LogP contribution in [0.15, 0.2) is 28.7 Å². The number of hydrogen-bond acceptors (Lipinski definition) is 3. The van der Waals surface area contributed by atoms with Gasteiger partial charge in [-0.1, -0.05) is 12.1 Å². The summed E-state index contributed by atoms with van der Waals surface area (Å²) in [5.74, 6) is -0.253. The summed E-state index contributed by atoms with van der Waals surface area (Å²) in [6.45, 7) is 4.18. The van der Waals surface area contributed by atoms with Gasteiger partial charge in [-0.3, -0.25) is 9.59 Å². The molecule has 5 nitrogen and oxygen atoms in total. The molecule has 2 atom stereocenters.